The highest BCUT2D eigenvalue weighted by Crippen LogP contribution is 2.25. The molecule has 110 valence electrons. The summed E-state index contributed by atoms with van der Waals surface area (Å²) in [6.07, 6.45) is 1.97. The summed E-state index contributed by atoms with van der Waals surface area (Å²) in [5.74, 6) is 0.764. The molecule has 22 heavy (non-hydrogen) atoms. The molecular formula is C17H14ClN3S. The SMILES string of the molecule is CSc1nc(Nc2ccc(Cl)cc2)cc(-c2ccccc2)n1. The van der Waals surface area contributed by atoms with E-state index in [0.717, 1.165) is 27.9 Å². The Bertz CT molecular complexity index is 761. The first kappa shape index (κ1) is 14.9. The molecule has 0 aliphatic rings. The van der Waals surface area contributed by atoms with Gasteiger partial charge in [0.2, 0.25) is 0 Å². The van der Waals surface area contributed by atoms with Gasteiger partial charge in [0, 0.05) is 22.3 Å². The highest BCUT2D eigenvalue weighted by molar-refractivity contribution is 7.98. The number of benzene rings is 2. The second-order valence-electron chi connectivity index (χ2n) is 4.62. The molecule has 0 atom stereocenters. The van der Waals surface area contributed by atoms with E-state index in [-0.39, 0.29) is 0 Å². The number of hydrogen-bond donors (Lipinski definition) is 1. The predicted octanol–water partition coefficient (Wildman–Crippen LogP) is 5.26. The van der Waals surface area contributed by atoms with Crippen molar-refractivity contribution >= 4 is 34.9 Å². The number of nitrogens with one attached hydrogen (secondary N) is 1. The summed E-state index contributed by atoms with van der Waals surface area (Å²) in [6.45, 7) is 0. The van der Waals surface area contributed by atoms with Crippen LogP contribution in [-0.2, 0) is 0 Å². The van der Waals surface area contributed by atoms with Gasteiger partial charge in [-0.3, -0.25) is 0 Å². The van der Waals surface area contributed by atoms with Gasteiger partial charge in [-0.2, -0.15) is 0 Å². The van der Waals surface area contributed by atoms with Crippen LogP contribution in [0, 0.1) is 0 Å². The van der Waals surface area contributed by atoms with Crippen molar-refractivity contribution < 1.29 is 0 Å². The van der Waals surface area contributed by atoms with Crippen molar-refractivity contribution in [3.05, 3.63) is 65.7 Å². The topological polar surface area (TPSA) is 37.8 Å². The summed E-state index contributed by atoms with van der Waals surface area (Å²) in [7, 11) is 0. The van der Waals surface area contributed by atoms with E-state index in [0.29, 0.717) is 5.02 Å². The van der Waals surface area contributed by atoms with E-state index in [9.17, 15) is 0 Å². The fraction of sp³-hybridized carbons (Fsp3) is 0.0588. The number of rotatable bonds is 4. The summed E-state index contributed by atoms with van der Waals surface area (Å²) in [6, 6.07) is 19.6. The highest BCUT2D eigenvalue weighted by Gasteiger charge is 2.06. The molecule has 0 fully saturated rings. The van der Waals surface area contributed by atoms with Crippen LogP contribution in [0.15, 0.2) is 65.8 Å². The zero-order chi connectivity index (χ0) is 15.4. The van der Waals surface area contributed by atoms with E-state index in [1.165, 1.54) is 11.8 Å². The Morgan fingerprint density at radius 3 is 2.36 bits per heavy atom. The maximum absolute atomic E-state index is 5.91. The van der Waals surface area contributed by atoms with Crippen molar-refractivity contribution in [1.29, 1.82) is 0 Å². The second-order valence-corrected chi connectivity index (χ2v) is 5.83. The molecule has 5 heteroatoms. The van der Waals surface area contributed by atoms with E-state index < -0.39 is 0 Å². The molecule has 0 spiro atoms. The van der Waals surface area contributed by atoms with Crippen LogP contribution in [0.4, 0.5) is 11.5 Å². The normalized spacial score (nSPS) is 10.5. The van der Waals surface area contributed by atoms with Gasteiger partial charge in [-0.25, -0.2) is 9.97 Å². The molecule has 0 amide bonds. The zero-order valence-electron chi connectivity index (χ0n) is 12.0. The molecule has 1 N–H and O–H groups in total. The van der Waals surface area contributed by atoms with Gasteiger partial charge in [-0.05, 0) is 30.5 Å². The van der Waals surface area contributed by atoms with Crippen LogP contribution in [0.1, 0.15) is 0 Å². The van der Waals surface area contributed by atoms with E-state index in [4.69, 9.17) is 11.6 Å². The highest BCUT2D eigenvalue weighted by atomic mass is 35.5. The van der Waals surface area contributed by atoms with Crippen LogP contribution in [0.2, 0.25) is 5.02 Å². The van der Waals surface area contributed by atoms with Gasteiger partial charge >= 0.3 is 0 Å². The maximum atomic E-state index is 5.91. The molecular weight excluding hydrogens is 314 g/mol. The van der Waals surface area contributed by atoms with Gasteiger partial charge in [0.25, 0.3) is 0 Å². The van der Waals surface area contributed by atoms with Crippen LogP contribution in [0.3, 0.4) is 0 Å². The van der Waals surface area contributed by atoms with Crippen molar-refractivity contribution in [2.45, 2.75) is 5.16 Å². The Morgan fingerprint density at radius 1 is 0.955 bits per heavy atom. The van der Waals surface area contributed by atoms with Crippen LogP contribution < -0.4 is 5.32 Å². The quantitative estimate of drug-likeness (QED) is 0.523. The lowest BCUT2D eigenvalue weighted by molar-refractivity contribution is 0.981. The first-order chi connectivity index (χ1) is 10.7. The summed E-state index contributed by atoms with van der Waals surface area (Å²) >= 11 is 7.43. The maximum Gasteiger partial charge on any atom is 0.189 e. The minimum atomic E-state index is 0.711. The Kier molecular flexibility index (Phi) is 4.61. The van der Waals surface area contributed by atoms with Crippen molar-refractivity contribution in [2.24, 2.45) is 0 Å². The summed E-state index contributed by atoms with van der Waals surface area (Å²) in [5, 5.41) is 4.74. The largest absolute Gasteiger partial charge is 0.340 e. The lowest BCUT2D eigenvalue weighted by Crippen LogP contribution is -1.98. The third kappa shape index (κ3) is 3.59. The molecule has 2 aromatic carbocycles. The standard InChI is InChI=1S/C17H14ClN3S/c1-22-17-20-15(12-5-3-2-4-6-12)11-16(21-17)19-14-9-7-13(18)8-10-14/h2-11H,1H3,(H,19,20,21). The molecule has 3 rings (SSSR count). The molecule has 0 saturated heterocycles. The summed E-state index contributed by atoms with van der Waals surface area (Å²) in [5.41, 5.74) is 2.91. The molecule has 0 aliphatic heterocycles. The van der Waals surface area contributed by atoms with Crippen molar-refractivity contribution in [3.63, 3.8) is 0 Å². The molecule has 3 aromatic rings. The van der Waals surface area contributed by atoms with Crippen molar-refractivity contribution in [3.8, 4) is 11.3 Å². The molecule has 1 aromatic heterocycles. The number of aromatic nitrogens is 2. The zero-order valence-corrected chi connectivity index (χ0v) is 13.5. The third-order valence-corrected chi connectivity index (χ3v) is 3.87. The molecule has 0 aliphatic carbocycles. The Labute approximate surface area is 138 Å². The average molecular weight is 328 g/mol. The van der Waals surface area contributed by atoms with E-state index in [1.807, 2.05) is 66.9 Å². The fourth-order valence-corrected chi connectivity index (χ4v) is 2.52. The Hall–Kier alpha value is -2.04. The van der Waals surface area contributed by atoms with Gasteiger partial charge in [-0.1, -0.05) is 53.7 Å². The van der Waals surface area contributed by atoms with Gasteiger partial charge < -0.3 is 5.32 Å². The summed E-state index contributed by atoms with van der Waals surface area (Å²) < 4.78 is 0. The van der Waals surface area contributed by atoms with Gasteiger partial charge in [-0.15, -0.1) is 0 Å². The average Bonchev–Trinajstić information content (AvgIpc) is 2.57. The molecule has 0 saturated carbocycles. The smallest absolute Gasteiger partial charge is 0.189 e. The number of hydrogen-bond acceptors (Lipinski definition) is 4. The summed E-state index contributed by atoms with van der Waals surface area (Å²) in [4.78, 5) is 9.07. The predicted molar refractivity (Wildman–Crippen MR) is 94.0 cm³/mol. The Morgan fingerprint density at radius 2 is 1.68 bits per heavy atom. The number of halogens is 1. The Balaban J connectivity index is 1.95. The minimum Gasteiger partial charge on any atom is -0.340 e. The fourth-order valence-electron chi connectivity index (χ4n) is 2.02. The third-order valence-electron chi connectivity index (χ3n) is 3.07. The van der Waals surface area contributed by atoms with Crippen LogP contribution in [0.5, 0.6) is 0 Å². The molecule has 1 heterocycles. The van der Waals surface area contributed by atoms with Crippen LogP contribution >= 0.6 is 23.4 Å². The lowest BCUT2D eigenvalue weighted by Gasteiger charge is -2.09. The van der Waals surface area contributed by atoms with E-state index in [2.05, 4.69) is 15.3 Å². The first-order valence-electron chi connectivity index (χ1n) is 6.76. The number of thioether (sulfide) groups is 1. The van der Waals surface area contributed by atoms with Crippen molar-refractivity contribution in [2.75, 3.05) is 11.6 Å². The van der Waals surface area contributed by atoms with Crippen molar-refractivity contribution in [1.82, 2.24) is 9.97 Å². The molecule has 0 bridgehead atoms. The van der Waals surface area contributed by atoms with Crippen LogP contribution in [-0.4, -0.2) is 16.2 Å². The monoisotopic (exact) mass is 327 g/mol. The second kappa shape index (κ2) is 6.81. The van der Waals surface area contributed by atoms with Gasteiger partial charge in [0.1, 0.15) is 5.82 Å². The molecule has 0 radical (unpaired) electrons. The van der Waals surface area contributed by atoms with Crippen LogP contribution in [0.25, 0.3) is 11.3 Å². The van der Waals surface area contributed by atoms with Gasteiger partial charge in [0.15, 0.2) is 5.16 Å². The molecule has 0 unspecified atom stereocenters. The van der Waals surface area contributed by atoms with Gasteiger partial charge in [0.05, 0.1) is 5.69 Å². The minimum absolute atomic E-state index is 0.711. The van der Waals surface area contributed by atoms with E-state index >= 15 is 0 Å². The lowest BCUT2D eigenvalue weighted by atomic mass is 10.1. The number of nitrogens with zero attached hydrogens (tertiary/aromatic N) is 2. The molecule has 3 nitrogen and oxygen atoms in total. The van der Waals surface area contributed by atoms with E-state index in [1.54, 1.807) is 0 Å². The number of anilines is 2. The first-order valence-corrected chi connectivity index (χ1v) is 8.36.